The van der Waals surface area contributed by atoms with Gasteiger partial charge < -0.3 is 16.0 Å². The van der Waals surface area contributed by atoms with Gasteiger partial charge >= 0.3 is 0 Å². The Morgan fingerprint density at radius 3 is 2.37 bits per heavy atom. The van der Waals surface area contributed by atoms with Gasteiger partial charge in [0.2, 0.25) is 5.91 Å². The van der Waals surface area contributed by atoms with Crippen molar-refractivity contribution in [3.63, 3.8) is 0 Å². The zero-order chi connectivity index (χ0) is 21.1. The van der Waals surface area contributed by atoms with Gasteiger partial charge in [-0.2, -0.15) is 0 Å². The Morgan fingerprint density at radius 2 is 1.80 bits per heavy atom. The van der Waals surface area contributed by atoms with Crippen molar-refractivity contribution in [1.82, 2.24) is 4.57 Å². The molecular formula is C23H25ClFN3O2. The predicted octanol–water partition coefficient (Wildman–Crippen LogP) is 3.84. The average Bonchev–Trinajstić information content (AvgIpc) is 2.68. The molecule has 0 atom stereocenters. The molecule has 1 amide bonds. The van der Waals surface area contributed by atoms with E-state index in [1.54, 1.807) is 34.9 Å². The highest BCUT2D eigenvalue weighted by molar-refractivity contribution is 5.99. The number of benzene rings is 2. The summed E-state index contributed by atoms with van der Waals surface area (Å²) in [6.45, 7) is 4.75. The number of hydrogen-bond donors (Lipinski definition) is 2. The van der Waals surface area contributed by atoms with Crippen molar-refractivity contribution in [3.05, 3.63) is 76.0 Å². The van der Waals surface area contributed by atoms with Crippen molar-refractivity contribution >= 4 is 35.2 Å². The molecule has 4 N–H and O–H groups in total. The molecule has 0 saturated heterocycles. The lowest BCUT2D eigenvalue weighted by Gasteiger charge is -2.21. The molecule has 1 heterocycles. The van der Waals surface area contributed by atoms with Crippen molar-refractivity contribution in [3.8, 4) is 11.1 Å². The average molecular weight is 430 g/mol. The van der Waals surface area contributed by atoms with Gasteiger partial charge in [0, 0.05) is 35.8 Å². The van der Waals surface area contributed by atoms with Crippen molar-refractivity contribution < 1.29 is 9.18 Å². The first-order chi connectivity index (χ1) is 13.8. The summed E-state index contributed by atoms with van der Waals surface area (Å²) in [4.78, 5) is 24.3. The maximum absolute atomic E-state index is 13.5. The summed E-state index contributed by atoms with van der Waals surface area (Å²) in [7, 11) is 0. The molecule has 1 aromatic heterocycles. The van der Waals surface area contributed by atoms with Crippen LogP contribution in [0.2, 0.25) is 0 Å². The number of carbonyl (C=O) groups is 1. The fourth-order valence-electron chi connectivity index (χ4n) is 3.50. The second kappa shape index (κ2) is 9.69. The highest BCUT2D eigenvalue weighted by Crippen LogP contribution is 2.32. The summed E-state index contributed by atoms with van der Waals surface area (Å²) in [6, 6.07) is 11.5. The Morgan fingerprint density at radius 1 is 1.13 bits per heavy atom. The number of primary amides is 1. The number of carbonyl (C=O) groups excluding carboxylic acids is 1. The van der Waals surface area contributed by atoms with Crippen LogP contribution < -0.4 is 17.0 Å². The smallest absolute Gasteiger partial charge is 0.258 e. The van der Waals surface area contributed by atoms with Crippen LogP contribution in [0.1, 0.15) is 25.1 Å². The number of halogens is 2. The SMILES string of the molecule is CC(C)Cn1c(CN)c(-c2ccc(F)cc2)c2cc(C=CC(N)=O)ccc2c1=O.Cl. The van der Waals surface area contributed by atoms with Gasteiger partial charge in [0.05, 0.1) is 0 Å². The van der Waals surface area contributed by atoms with E-state index in [0.717, 1.165) is 16.7 Å². The number of amides is 1. The molecule has 0 saturated carbocycles. The second-order valence-electron chi connectivity index (χ2n) is 7.38. The number of nitrogens with zero attached hydrogens (tertiary/aromatic N) is 1. The third-order valence-electron chi connectivity index (χ3n) is 4.72. The van der Waals surface area contributed by atoms with Crippen LogP contribution in [0.3, 0.4) is 0 Å². The van der Waals surface area contributed by atoms with Gasteiger partial charge in [-0.3, -0.25) is 9.59 Å². The number of aromatic nitrogens is 1. The van der Waals surface area contributed by atoms with E-state index in [1.807, 2.05) is 19.9 Å². The maximum atomic E-state index is 13.5. The topological polar surface area (TPSA) is 91.1 Å². The predicted molar refractivity (Wildman–Crippen MR) is 122 cm³/mol. The van der Waals surface area contributed by atoms with Gasteiger partial charge in [0.25, 0.3) is 5.56 Å². The van der Waals surface area contributed by atoms with Gasteiger partial charge in [-0.05, 0) is 52.8 Å². The molecule has 0 bridgehead atoms. The van der Waals surface area contributed by atoms with E-state index in [2.05, 4.69) is 0 Å². The lowest BCUT2D eigenvalue weighted by molar-refractivity contribution is -0.113. The van der Waals surface area contributed by atoms with Crippen molar-refractivity contribution in [2.45, 2.75) is 26.9 Å². The summed E-state index contributed by atoms with van der Waals surface area (Å²) in [5.41, 5.74) is 14.1. The quantitative estimate of drug-likeness (QED) is 0.583. The molecule has 0 fully saturated rings. The number of nitrogens with two attached hydrogens (primary N) is 2. The third kappa shape index (κ3) is 4.78. The van der Waals surface area contributed by atoms with Crippen LogP contribution in [0.15, 0.2) is 53.3 Å². The molecule has 5 nitrogen and oxygen atoms in total. The van der Waals surface area contributed by atoms with Crippen molar-refractivity contribution in [2.75, 3.05) is 0 Å². The molecule has 7 heteroatoms. The minimum Gasteiger partial charge on any atom is -0.366 e. The summed E-state index contributed by atoms with van der Waals surface area (Å²) in [6.07, 6.45) is 2.86. The molecule has 0 unspecified atom stereocenters. The molecule has 3 aromatic rings. The van der Waals surface area contributed by atoms with E-state index in [0.29, 0.717) is 23.0 Å². The number of rotatable bonds is 6. The Hall–Kier alpha value is -2.96. The van der Waals surface area contributed by atoms with E-state index < -0.39 is 5.91 Å². The van der Waals surface area contributed by atoms with Crippen LogP contribution in [0, 0.1) is 11.7 Å². The van der Waals surface area contributed by atoms with Gasteiger partial charge in [-0.1, -0.05) is 32.0 Å². The Balaban J connectivity index is 0.00000320. The van der Waals surface area contributed by atoms with E-state index in [1.165, 1.54) is 18.2 Å². The monoisotopic (exact) mass is 429 g/mol. The van der Waals surface area contributed by atoms with Gasteiger partial charge in [-0.25, -0.2) is 4.39 Å². The van der Waals surface area contributed by atoms with Crippen LogP contribution >= 0.6 is 12.4 Å². The van der Waals surface area contributed by atoms with Gasteiger partial charge in [0.15, 0.2) is 0 Å². The standard InChI is InChI=1S/C23H24FN3O2.ClH/c1-14(2)13-27-20(12-25)22(16-5-7-17(24)8-6-16)19-11-15(4-10-21(26)28)3-9-18(19)23(27)29;/h3-11,14H,12-13,25H2,1-2H3,(H2,26,28);1H. The van der Waals surface area contributed by atoms with Crippen LogP contribution in [-0.2, 0) is 17.9 Å². The minimum absolute atomic E-state index is 0. The Labute approximate surface area is 180 Å². The van der Waals surface area contributed by atoms with Crippen molar-refractivity contribution in [2.24, 2.45) is 17.4 Å². The maximum Gasteiger partial charge on any atom is 0.258 e. The van der Waals surface area contributed by atoms with Gasteiger partial charge in [0.1, 0.15) is 5.82 Å². The van der Waals surface area contributed by atoms with E-state index in [9.17, 15) is 14.0 Å². The summed E-state index contributed by atoms with van der Waals surface area (Å²) < 4.78 is 15.2. The normalized spacial score (nSPS) is 11.2. The molecule has 0 aliphatic heterocycles. The Bertz CT molecular complexity index is 1150. The molecule has 2 aromatic carbocycles. The fraction of sp³-hybridized carbons (Fsp3) is 0.217. The van der Waals surface area contributed by atoms with E-state index in [4.69, 9.17) is 11.5 Å². The highest BCUT2D eigenvalue weighted by Gasteiger charge is 2.18. The van der Waals surface area contributed by atoms with E-state index in [-0.39, 0.29) is 36.2 Å². The third-order valence-corrected chi connectivity index (χ3v) is 4.72. The molecule has 0 aliphatic rings. The molecule has 3 rings (SSSR count). The Kier molecular flexibility index (Phi) is 7.54. The molecule has 0 spiro atoms. The molecule has 30 heavy (non-hydrogen) atoms. The molecular weight excluding hydrogens is 405 g/mol. The van der Waals surface area contributed by atoms with Crippen LogP contribution in [0.4, 0.5) is 4.39 Å². The van der Waals surface area contributed by atoms with Crippen LogP contribution in [0.25, 0.3) is 28.0 Å². The first kappa shape index (κ1) is 23.3. The first-order valence-corrected chi connectivity index (χ1v) is 9.44. The second-order valence-corrected chi connectivity index (χ2v) is 7.38. The zero-order valence-electron chi connectivity index (χ0n) is 16.9. The van der Waals surface area contributed by atoms with Crippen LogP contribution in [0.5, 0.6) is 0 Å². The minimum atomic E-state index is -0.557. The highest BCUT2D eigenvalue weighted by atomic mass is 35.5. The molecule has 0 radical (unpaired) electrons. The van der Waals surface area contributed by atoms with Crippen molar-refractivity contribution in [1.29, 1.82) is 0 Å². The molecule has 158 valence electrons. The lowest BCUT2D eigenvalue weighted by atomic mass is 9.94. The fourth-order valence-corrected chi connectivity index (χ4v) is 3.50. The van der Waals surface area contributed by atoms with Crippen LogP contribution in [-0.4, -0.2) is 10.5 Å². The van der Waals surface area contributed by atoms with E-state index >= 15 is 0 Å². The zero-order valence-corrected chi connectivity index (χ0v) is 17.7. The lowest BCUT2D eigenvalue weighted by Crippen LogP contribution is -2.28. The number of fused-ring (bicyclic) bond motifs is 1. The first-order valence-electron chi connectivity index (χ1n) is 9.44. The van der Waals surface area contributed by atoms with Gasteiger partial charge in [-0.15, -0.1) is 12.4 Å². The summed E-state index contributed by atoms with van der Waals surface area (Å²) in [5, 5.41) is 1.24. The summed E-state index contributed by atoms with van der Waals surface area (Å²) in [5.74, 6) is -0.652. The molecule has 0 aliphatic carbocycles. The largest absolute Gasteiger partial charge is 0.366 e. The number of hydrogen-bond acceptors (Lipinski definition) is 3. The summed E-state index contributed by atoms with van der Waals surface area (Å²) >= 11 is 0. The number of pyridine rings is 1.